The van der Waals surface area contributed by atoms with Crippen molar-refractivity contribution in [2.75, 3.05) is 0 Å². The molecule has 1 aromatic rings. The van der Waals surface area contributed by atoms with Crippen molar-refractivity contribution in [3.05, 3.63) is 47.5 Å². The highest BCUT2D eigenvalue weighted by atomic mass is 16.4. The Bertz CT molecular complexity index is 401. The summed E-state index contributed by atoms with van der Waals surface area (Å²) in [5.74, 6) is -1.02. The molecule has 0 aromatic heterocycles. The molecule has 0 saturated carbocycles. The molecule has 0 fully saturated rings. The van der Waals surface area contributed by atoms with Crippen molar-refractivity contribution in [1.82, 2.24) is 0 Å². The van der Waals surface area contributed by atoms with Crippen LogP contribution in [0.4, 0.5) is 0 Å². The lowest BCUT2D eigenvalue weighted by Gasteiger charge is -2.01. The predicted octanol–water partition coefficient (Wildman–Crippen LogP) is 2.15. The average Bonchev–Trinajstić information content (AvgIpc) is 2.25. The Kier molecular flexibility index (Phi) is 4.11. The van der Waals surface area contributed by atoms with Crippen molar-refractivity contribution < 1.29 is 9.90 Å². The monoisotopic (exact) mass is 201 g/mol. The van der Waals surface area contributed by atoms with E-state index in [9.17, 15) is 4.79 Å². The molecule has 0 unspecified atom stereocenters. The minimum Gasteiger partial charge on any atom is -0.478 e. The molecule has 0 aliphatic heterocycles. The molecule has 0 atom stereocenters. The summed E-state index contributed by atoms with van der Waals surface area (Å²) in [6, 6.07) is 11.3. The molecule has 0 heterocycles. The van der Waals surface area contributed by atoms with Crippen LogP contribution in [-0.2, 0) is 11.2 Å². The van der Waals surface area contributed by atoms with Crippen LogP contribution < -0.4 is 0 Å². The van der Waals surface area contributed by atoms with Gasteiger partial charge in [-0.05, 0) is 18.4 Å². The topological polar surface area (TPSA) is 61.1 Å². The molecule has 0 bridgehead atoms. The molecule has 0 amide bonds. The van der Waals surface area contributed by atoms with Crippen LogP contribution in [-0.4, -0.2) is 11.1 Å². The number of hydrogen-bond acceptors (Lipinski definition) is 2. The molecular formula is C12H11NO2. The van der Waals surface area contributed by atoms with E-state index in [0.29, 0.717) is 12.8 Å². The number of benzene rings is 1. The molecule has 15 heavy (non-hydrogen) atoms. The number of aliphatic carboxylic acids is 1. The number of hydrogen-bond donors (Lipinski definition) is 1. The molecule has 0 aliphatic rings. The average molecular weight is 201 g/mol. The quantitative estimate of drug-likeness (QED) is 0.599. The smallest absolute Gasteiger partial charge is 0.332 e. The van der Waals surface area contributed by atoms with E-state index in [4.69, 9.17) is 10.4 Å². The van der Waals surface area contributed by atoms with Crippen molar-refractivity contribution in [2.45, 2.75) is 12.8 Å². The van der Waals surface area contributed by atoms with Crippen molar-refractivity contribution in [3.8, 4) is 6.07 Å². The Morgan fingerprint density at radius 3 is 2.60 bits per heavy atom. The summed E-state index contributed by atoms with van der Waals surface area (Å²) < 4.78 is 0. The molecule has 0 spiro atoms. The van der Waals surface area contributed by atoms with Crippen LogP contribution in [0.2, 0.25) is 0 Å². The van der Waals surface area contributed by atoms with Crippen LogP contribution in [0.1, 0.15) is 12.0 Å². The molecule has 1 N–H and O–H groups in total. The van der Waals surface area contributed by atoms with Gasteiger partial charge >= 0.3 is 5.97 Å². The van der Waals surface area contributed by atoms with Crippen LogP contribution in [0.25, 0.3) is 0 Å². The van der Waals surface area contributed by atoms with E-state index in [1.807, 2.05) is 30.3 Å². The largest absolute Gasteiger partial charge is 0.478 e. The van der Waals surface area contributed by atoms with Gasteiger partial charge in [0, 0.05) is 11.6 Å². The van der Waals surface area contributed by atoms with Crippen LogP contribution in [0.5, 0.6) is 0 Å². The maximum atomic E-state index is 10.7. The highest BCUT2D eigenvalue weighted by Crippen LogP contribution is 2.08. The van der Waals surface area contributed by atoms with Gasteiger partial charge in [-0.2, -0.15) is 5.26 Å². The first kappa shape index (κ1) is 11.0. The molecule has 1 aromatic carbocycles. The molecule has 76 valence electrons. The second kappa shape index (κ2) is 5.61. The van der Waals surface area contributed by atoms with E-state index in [1.165, 1.54) is 0 Å². The zero-order chi connectivity index (χ0) is 11.1. The van der Waals surface area contributed by atoms with Gasteiger partial charge in [-0.25, -0.2) is 4.79 Å². The zero-order valence-electron chi connectivity index (χ0n) is 8.18. The second-order valence-corrected chi connectivity index (χ2v) is 3.09. The fraction of sp³-hybridized carbons (Fsp3) is 0.167. The van der Waals surface area contributed by atoms with Crippen LogP contribution in [0.3, 0.4) is 0 Å². The van der Waals surface area contributed by atoms with Crippen LogP contribution in [0.15, 0.2) is 42.0 Å². The number of nitriles is 1. The number of nitrogens with zero attached hydrogens (tertiary/aromatic N) is 1. The Labute approximate surface area is 88.3 Å². The first-order valence-electron chi connectivity index (χ1n) is 4.60. The minimum atomic E-state index is -1.02. The Hall–Kier alpha value is -2.08. The fourth-order valence-electron chi connectivity index (χ4n) is 1.24. The molecule has 0 radical (unpaired) electrons. The number of carbonyl (C=O) groups is 1. The number of allylic oxidation sites excluding steroid dienone is 1. The van der Waals surface area contributed by atoms with E-state index in [2.05, 4.69) is 0 Å². The molecule has 3 nitrogen and oxygen atoms in total. The van der Waals surface area contributed by atoms with Crippen LogP contribution in [0, 0.1) is 11.3 Å². The van der Waals surface area contributed by atoms with E-state index >= 15 is 0 Å². The van der Waals surface area contributed by atoms with Gasteiger partial charge in [-0.1, -0.05) is 30.3 Å². The maximum absolute atomic E-state index is 10.7. The van der Waals surface area contributed by atoms with Gasteiger partial charge in [-0.15, -0.1) is 0 Å². The zero-order valence-corrected chi connectivity index (χ0v) is 8.18. The highest BCUT2D eigenvalue weighted by molar-refractivity contribution is 5.87. The lowest BCUT2D eigenvalue weighted by Crippen LogP contribution is -2.01. The summed E-state index contributed by atoms with van der Waals surface area (Å²) in [7, 11) is 0. The highest BCUT2D eigenvalue weighted by Gasteiger charge is 2.06. The Morgan fingerprint density at radius 2 is 2.07 bits per heavy atom. The molecule has 0 saturated heterocycles. The molecule has 0 aliphatic carbocycles. The lowest BCUT2D eigenvalue weighted by molar-refractivity contribution is -0.132. The van der Waals surface area contributed by atoms with Gasteiger partial charge in [0.2, 0.25) is 0 Å². The summed E-state index contributed by atoms with van der Waals surface area (Å²) in [5.41, 5.74) is 1.23. The van der Waals surface area contributed by atoms with Crippen molar-refractivity contribution in [3.63, 3.8) is 0 Å². The number of carboxylic acids is 1. The van der Waals surface area contributed by atoms with Gasteiger partial charge in [0.15, 0.2) is 0 Å². The minimum absolute atomic E-state index is 0.154. The molecule has 1 rings (SSSR count). The SMILES string of the molecule is N#C/C=C(/CCc1ccccc1)C(=O)O. The summed E-state index contributed by atoms with van der Waals surface area (Å²) in [4.78, 5) is 10.7. The van der Waals surface area contributed by atoms with Gasteiger partial charge < -0.3 is 5.11 Å². The van der Waals surface area contributed by atoms with Crippen LogP contribution >= 0.6 is 0 Å². The third-order valence-electron chi connectivity index (χ3n) is 2.04. The second-order valence-electron chi connectivity index (χ2n) is 3.09. The Morgan fingerprint density at radius 1 is 1.40 bits per heavy atom. The van der Waals surface area contributed by atoms with E-state index in [1.54, 1.807) is 6.07 Å². The molecular weight excluding hydrogens is 190 g/mol. The summed E-state index contributed by atoms with van der Waals surface area (Å²) >= 11 is 0. The number of aryl methyl sites for hydroxylation is 1. The van der Waals surface area contributed by atoms with Gasteiger partial charge in [0.1, 0.15) is 0 Å². The van der Waals surface area contributed by atoms with Gasteiger partial charge in [0.05, 0.1) is 6.07 Å². The maximum Gasteiger partial charge on any atom is 0.332 e. The first-order chi connectivity index (χ1) is 7.24. The summed E-state index contributed by atoms with van der Waals surface area (Å²) in [6.45, 7) is 0. The third-order valence-corrected chi connectivity index (χ3v) is 2.04. The van der Waals surface area contributed by atoms with Gasteiger partial charge in [-0.3, -0.25) is 0 Å². The van der Waals surface area contributed by atoms with Crippen molar-refractivity contribution in [2.24, 2.45) is 0 Å². The van der Waals surface area contributed by atoms with E-state index in [0.717, 1.165) is 11.6 Å². The van der Waals surface area contributed by atoms with Gasteiger partial charge in [0.25, 0.3) is 0 Å². The van der Waals surface area contributed by atoms with Crippen molar-refractivity contribution >= 4 is 5.97 Å². The number of rotatable bonds is 4. The van der Waals surface area contributed by atoms with E-state index in [-0.39, 0.29) is 5.57 Å². The van der Waals surface area contributed by atoms with E-state index < -0.39 is 5.97 Å². The first-order valence-corrected chi connectivity index (χ1v) is 4.60. The molecule has 3 heteroatoms. The predicted molar refractivity (Wildman–Crippen MR) is 56.1 cm³/mol. The Balaban J connectivity index is 2.60. The number of carboxylic acid groups (broad SMARTS) is 1. The third kappa shape index (κ3) is 3.65. The van der Waals surface area contributed by atoms with Crippen molar-refractivity contribution in [1.29, 1.82) is 5.26 Å². The standard InChI is InChI=1S/C12H11NO2/c13-9-8-11(12(14)15)7-6-10-4-2-1-3-5-10/h1-5,8H,6-7H2,(H,14,15)/b11-8-. The fourth-order valence-corrected chi connectivity index (χ4v) is 1.24. The normalized spacial score (nSPS) is 10.7. The summed E-state index contributed by atoms with van der Waals surface area (Å²) in [6.07, 6.45) is 2.11. The lowest BCUT2D eigenvalue weighted by atomic mass is 10.0. The summed E-state index contributed by atoms with van der Waals surface area (Å²) in [5, 5.41) is 17.2.